The van der Waals surface area contributed by atoms with E-state index >= 15 is 0 Å². The van der Waals surface area contributed by atoms with Crippen molar-refractivity contribution in [2.45, 2.75) is 20.6 Å². The van der Waals surface area contributed by atoms with Crippen molar-refractivity contribution >= 4 is 5.95 Å². The largest absolute Gasteiger partial charge is 0.392 e. The number of aliphatic hydroxyl groups excluding tert-OH is 1. The van der Waals surface area contributed by atoms with Gasteiger partial charge in [0, 0.05) is 18.9 Å². The Hall–Kier alpha value is -1.94. The average molecular weight is 231 g/mol. The van der Waals surface area contributed by atoms with Crippen LogP contribution in [-0.4, -0.2) is 15.1 Å². The zero-order valence-electron chi connectivity index (χ0n) is 8.80. The van der Waals surface area contributed by atoms with E-state index in [0.29, 0.717) is 12.5 Å². The molecule has 0 amide bonds. The molecule has 0 fully saturated rings. The number of nitrogens with zero attached hydrogens (tertiary/aromatic N) is 2. The lowest BCUT2D eigenvalue weighted by atomic mass is 10.1. The van der Waals surface area contributed by atoms with Crippen molar-refractivity contribution in [2.75, 3.05) is 5.32 Å². The number of hydrogen-bond donors (Lipinski definition) is 2. The van der Waals surface area contributed by atoms with E-state index in [1.165, 1.54) is 0 Å². The fourth-order valence-corrected chi connectivity index (χ4v) is 1.33. The van der Waals surface area contributed by atoms with Crippen LogP contribution in [0.15, 0.2) is 42.7 Å². The third kappa shape index (κ3) is 3.85. The van der Waals surface area contributed by atoms with Gasteiger partial charge in [0.25, 0.3) is 0 Å². The lowest BCUT2D eigenvalue weighted by Crippen LogP contribution is -2.02. The Morgan fingerprint density at radius 3 is 2.18 bits per heavy atom. The SMILES string of the molecule is C.OCc1ccc(CNc2ncccn2)cc1. The van der Waals surface area contributed by atoms with Crippen LogP contribution in [0.4, 0.5) is 5.95 Å². The first kappa shape index (κ1) is 13.1. The van der Waals surface area contributed by atoms with E-state index in [4.69, 9.17) is 5.11 Å². The highest BCUT2D eigenvalue weighted by molar-refractivity contribution is 5.28. The van der Waals surface area contributed by atoms with Gasteiger partial charge in [-0.15, -0.1) is 0 Å². The van der Waals surface area contributed by atoms with Crippen LogP contribution in [-0.2, 0) is 13.2 Å². The van der Waals surface area contributed by atoms with E-state index in [-0.39, 0.29) is 14.0 Å². The van der Waals surface area contributed by atoms with Crippen LogP contribution in [0.25, 0.3) is 0 Å². The highest BCUT2D eigenvalue weighted by atomic mass is 16.3. The Morgan fingerprint density at radius 1 is 1.00 bits per heavy atom. The number of aromatic nitrogens is 2. The molecule has 0 saturated heterocycles. The zero-order chi connectivity index (χ0) is 11.2. The third-order valence-corrected chi connectivity index (χ3v) is 2.22. The van der Waals surface area contributed by atoms with Crippen molar-refractivity contribution in [3.05, 3.63) is 53.9 Å². The lowest BCUT2D eigenvalue weighted by molar-refractivity contribution is 0.282. The normalized spacial score (nSPS) is 9.47. The number of rotatable bonds is 4. The predicted molar refractivity (Wildman–Crippen MR) is 68.5 cm³/mol. The number of aliphatic hydroxyl groups is 1. The minimum absolute atomic E-state index is 0. The Morgan fingerprint density at radius 2 is 1.59 bits per heavy atom. The van der Waals surface area contributed by atoms with E-state index in [1.54, 1.807) is 18.5 Å². The second-order valence-corrected chi connectivity index (χ2v) is 3.40. The Labute approximate surface area is 101 Å². The van der Waals surface area contributed by atoms with Crippen molar-refractivity contribution in [3.63, 3.8) is 0 Å². The standard InChI is InChI=1S/C12H13N3O.CH4/c16-9-11-4-2-10(3-5-11)8-15-12-13-6-1-7-14-12;/h1-7,16H,8-9H2,(H,13,14,15);1H4. The van der Waals surface area contributed by atoms with Gasteiger partial charge in [-0.05, 0) is 17.2 Å². The van der Waals surface area contributed by atoms with Gasteiger partial charge in [0.1, 0.15) is 0 Å². The van der Waals surface area contributed by atoms with Gasteiger partial charge in [0.2, 0.25) is 5.95 Å². The summed E-state index contributed by atoms with van der Waals surface area (Å²) in [5.74, 6) is 0.619. The van der Waals surface area contributed by atoms with E-state index in [0.717, 1.165) is 11.1 Å². The van der Waals surface area contributed by atoms with Gasteiger partial charge >= 0.3 is 0 Å². The monoisotopic (exact) mass is 231 g/mol. The quantitative estimate of drug-likeness (QED) is 0.847. The molecule has 0 unspecified atom stereocenters. The predicted octanol–water partition coefficient (Wildman–Crippen LogP) is 2.22. The molecular weight excluding hydrogens is 214 g/mol. The van der Waals surface area contributed by atoms with Gasteiger partial charge in [-0.25, -0.2) is 9.97 Å². The molecule has 2 N–H and O–H groups in total. The van der Waals surface area contributed by atoms with Gasteiger partial charge in [0.15, 0.2) is 0 Å². The summed E-state index contributed by atoms with van der Waals surface area (Å²) in [6, 6.07) is 9.54. The van der Waals surface area contributed by atoms with Crippen LogP contribution in [0.2, 0.25) is 0 Å². The van der Waals surface area contributed by atoms with Gasteiger partial charge in [0.05, 0.1) is 6.61 Å². The van der Waals surface area contributed by atoms with Crippen molar-refractivity contribution < 1.29 is 5.11 Å². The Bertz CT molecular complexity index is 428. The molecule has 0 atom stereocenters. The molecule has 0 spiro atoms. The van der Waals surface area contributed by atoms with Crippen molar-refractivity contribution in [1.29, 1.82) is 0 Å². The number of benzene rings is 1. The zero-order valence-corrected chi connectivity index (χ0v) is 8.80. The molecule has 0 radical (unpaired) electrons. The van der Waals surface area contributed by atoms with Crippen LogP contribution in [0.5, 0.6) is 0 Å². The minimum Gasteiger partial charge on any atom is -0.392 e. The number of hydrogen-bond acceptors (Lipinski definition) is 4. The fraction of sp³-hybridized carbons (Fsp3) is 0.231. The van der Waals surface area contributed by atoms with Crippen LogP contribution in [0.3, 0.4) is 0 Å². The summed E-state index contributed by atoms with van der Waals surface area (Å²) >= 11 is 0. The molecule has 1 heterocycles. The molecule has 2 aromatic rings. The summed E-state index contributed by atoms with van der Waals surface area (Å²) in [5, 5.41) is 12.0. The molecule has 4 heteroatoms. The Kier molecular flexibility index (Phi) is 5.10. The van der Waals surface area contributed by atoms with Crippen LogP contribution < -0.4 is 5.32 Å². The molecule has 2 rings (SSSR count). The molecule has 0 aliphatic rings. The first-order chi connectivity index (χ1) is 7.88. The summed E-state index contributed by atoms with van der Waals surface area (Å²) in [4.78, 5) is 8.13. The average Bonchev–Trinajstić information content (AvgIpc) is 2.38. The van der Waals surface area contributed by atoms with Gasteiger partial charge in [-0.2, -0.15) is 0 Å². The van der Waals surface area contributed by atoms with Crippen LogP contribution >= 0.6 is 0 Å². The lowest BCUT2D eigenvalue weighted by Gasteiger charge is -2.04. The van der Waals surface area contributed by atoms with E-state index in [2.05, 4.69) is 15.3 Å². The second-order valence-electron chi connectivity index (χ2n) is 3.40. The summed E-state index contributed by atoms with van der Waals surface area (Å²) in [5.41, 5.74) is 2.05. The first-order valence-corrected chi connectivity index (χ1v) is 5.08. The van der Waals surface area contributed by atoms with Gasteiger partial charge in [-0.1, -0.05) is 31.7 Å². The minimum atomic E-state index is 0. The first-order valence-electron chi connectivity index (χ1n) is 5.08. The molecule has 0 saturated carbocycles. The summed E-state index contributed by atoms with van der Waals surface area (Å²) < 4.78 is 0. The maximum atomic E-state index is 8.90. The smallest absolute Gasteiger partial charge is 0.222 e. The van der Waals surface area contributed by atoms with E-state index < -0.39 is 0 Å². The topological polar surface area (TPSA) is 58.0 Å². The van der Waals surface area contributed by atoms with Crippen molar-refractivity contribution in [2.24, 2.45) is 0 Å². The molecule has 0 bridgehead atoms. The fourth-order valence-electron chi connectivity index (χ4n) is 1.33. The molecule has 0 aliphatic heterocycles. The maximum absolute atomic E-state index is 8.90. The van der Waals surface area contributed by atoms with Crippen molar-refractivity contribution in [3.8, 4) is 0 Å². The molecule has 1 aromatic heterocycles. The molecule has 1 aromatic carbocycles. The molecule has 0 aliphatic carbocycles. The second kappa shape index (κ2) is 6.60. The summed E-state index contributed by atoms with van der Waals surface area (Å²) in [6.07, 6.45) is 3.40. The highest BCUT2D eigenvalue weighted by Crippen LogP contribution is 2.06. The van der Waals surface area contributed by atoms with Gasteiger partial charge in [-0.3, -0.25) is 0 Å². The van der Waals surface area contributed by atoms with Gasteiger partial charge < -0.3 is 10.4 Å². The highest BCUT2D eigenvalue weighted by Gasteiger charge is 1.95. The van der Waals surface area contributed by atoms with Crippen LogP contribution in [0, 0.1) is 0 Å². The van der Waals surface area contributed by atoms with E-state index in [1.807, 2.05) is 24.3 Å². The number of anilines is 1. The molecule has 17 heavy (non-hydrogen) atoms. The molecule has 90 valence electrons. The summed E-state index contributed by atoms with van der Waals surface area (Å²) in [6.45, 7) is 0.755. The maximum Gasteiger partial charge on any atom is 0.222 e. The molecule has 4 nitrogen and oxygen atoms in total. The van der Waals surface area contributed by atoms with Crippen LogP contribution in [0.1, 0.15) is 18.6 Å². The Balaban J connectivity index is 0.00000144. The number of nitrogens with one attached hydrogen (secondary N) is 1. The third-order valence-electron chi connectivity index (χ3n) is 2.22. The van der Waals surface area contributed by atoms with Crippen molar-refractivity contribution in [1.82, 2.24) is 9.97 Å². The molecular formula is C13H17N3O. The van der Waals surface area contributed by atoms with E-state index in [9.17, 15) is 0 Å². The summed E-state index contributed by atoms with van der Waals surface area (Å²) in [7, 11) is 0.